The lowest BCUT2D eigenvalue weighted by Gasteiger charge is -2.33. The van der Waals surface area contributed by atoms with Crippen molar-refractivity contribution >= 4 is 17.4 Å². The maximum Gasteiger partial charge on any atom is 0.129 e. The average Bonchev–Trinajstić information content (AvgIpc) is 2.68. The molecule has 106 valence electrons. The first-order valence-corrected chi connectivity index (χ1v) is 7.44. The summed E-state index contributed by atoms with van der Waals surface area (Å²) in [4.78, 5) is 7.14. The van der Waals surface area contributed by atoms with Gasteiger partial charge in [-0.2, -0.15) is 0 Å². The minimum atomic E-state index is 0.198. The van der Waals surface area contributed by atoms with Gasteiger partial charge in [0.05, 0.1) is 10.7 Å². The van der Waals surface area contributed by atoms with E-state index in [1.807, 2.05) is 12.1 Å². The Morgan fingerprint density at radius 2 is 2.16 bits per heavy atom. The molecule has 19 heavy (non-hydrogen) atoms. The fraction of sp³-hybridized carbons (Fsp3) is 0.667. The Balaban J connectivity index is 2.20. The highest BCUT2D eigenvalue weighted by Crippen LogP contribution is 2.33. The summed E-state index contributed by atoms with van der Waals surface area (Å²) in [5.41, 5.74) is 1.14. The Kier molecular flexibility index (Phi) is 4.36. The minimum Gasteiger partial charge on any atom is -0.351 e. The van der Waals surface area contributed by atoms with Gasteiger partial charge in [0.1, 0.15) is 5.82 Å². The summed E-state index contributed by atoms with van der Waals surface area (Å²) in [6.45, 7) is 10.6. The van der Waals surface area contributed by atoms with E-state index in [1.54, 1.807) is 0 Å². The van der Waals surface area contributed by atoms with Gasteiger partial charge in [-0.25, -0.2) is 4.98 Å². The fourth-order valence-electron chi connectivity index (χ4n) is 2.58. The second-order valence-corrected chi connectivity index (χ2v) is 6.61. The van der Waals surface area contributed by atoms with Crippen LogP contribution in [0.3, 0.4) is 0 Å². The summed E-state index contributed by atoms with van der Waals surface area (Å²) in [6, 6.07) is 4.44. The van der Waals surface area contributed by atoms with Crippen molar-refractivity contribution in [2.75, 3.05) is 11.4 Å². The van der Waals surface area contributed by atoms with Gasteiger partial charge in [0.15, 0.2) is 0 Å². The van der Waals surface area contributed by atoms with Gasteiger partial charge in [-0.05, 0) is 38.8 Å². The van der Waals surface area contributed by atoms with Gasteiger partial charge >= 0.3 is 0 Å². The molecule has 1 saturated heterocycles. The molecule has 3 nitrogen and oxygen atoms in total. The molecular formula is C15H24ClN3. The molecule has 1 aromatic heterocycles. The van der Waals surface area contributed by atoms with Crippen LogP contribution in [0.2, 0.25) is 5.02 Å². The molecule has 0 atom stereocenters. The van der Waals surface area contributed by atoms with E-state index in [4.69, 9.17) is 16.6 Å². The standard InChI is InChI=1S/C15H24ClN3/c1-11(2)17-10-13-12(16)6-7-14(18-13)19-9-5-8-15(19,3)4/h6-7,11,17H,5,8-10H2,1-4H3. The van der Waals surface area contributed by atoms with Crippen molar-refractivity contribution < 1.29 is 0 Å². The second kappa shape index (κ2) is 5.68. The molecule has 0 unspecified atom stereocenters. The molecule has 1 aliphatic rings. The number of hydrogen-bond acceptors (Lipinski definition) is 3. The van der Waals surface area contributed by atoms with Gasteiger partial charge in [-0.15, -0.1) is 0 Å². The Labute approximate surface area is 121 Å². The van der Waals surface area contributed by atoms with Gasteiger partial charge in [0, 0.05) is 24.7 Å². The van der Waals surface area contributed by atoms with Crippen molar-refractivity contribution in [2.45, 2.75) is 58.7 Å². The SMILES string of the molecule is CC(C)NCc1nc(N2CCCC2(C)C)ccc1Cl. The molecule has 0 aromatic carbocycles. The molecule has 0 radical (unpaired) electrons. The summed E-state index contributed by atoms with van der Waals surface area (Å²) < 4.78 is 0. The van der Waals surface area contributed by atoms with E-state index >= 15 is 0 Å². The van der Waals surface area contributed by atoms with Crippen LogP contribution >= 0.6 is 11.6 Å². The van der Waals surface area contributed by atoms with Gasteiger partial charge in [0.2, 0.25) is 0 Å². The third-order valence-electron chi connectivity index (χ3n) is 3.76. The lowest BCUT2D eigenvalue weighted by atomic mass is 10.0. The highest BCUT2D eigenvalue weighted by atomic mass is 35.5. The Morgan fingerprint density at radius 1 is 1.42 bits per heavy atom. The predicted molar refractivity (Wildman–Crippen MR) is 81.9 cm³/mol. The van der Waals surface area contributed by atoms with Gasteiger partial charge in [0.25, 0.3) is 0 Å². The van der Waals surface area contributed by atoms with Crippen LogP contribution in [0.25, 0.3) is 0 Å². The number of anilines is 1. The molecule has 2 heterocycles. The summed E-state index contributed by atoms with van der Waals surface area (Å²) >= 11 is 6.24. The van der Waals surface area contributed by atoms with Crippen LogP contribution in [-0.4, -0.2) is 23.1 Å². The van der Waals surface area contributed by atoms with Crippen LogP contribution in [0.5, 0.6) is 0 Å². The third-order valence-corrected chi connectivity index (χ3v) is 4.10. The molecule has 1 fully saturated rings. The van der Waals surface area contributed by atoms with Gasteiger partial charge in [-0.1, -0.05) is 25.4 Å². The molecule has 1 aliphatic heterocycles. The number of halogens is 1. The average molecular weight is 282 g/mol. The number of hydrogen-bond donors (Lipinski definition) is 1. The van der Waals surface area contributed by atoms with Crippen molar-refractivity contribution in [1.29, 1.82) is 0 Å². The van der Waals surface area contributed by atoms with Crippen molar-refractivity contribution in [1.82, 2.24) is 10.3 Å². The molecule has 2 rings (SSSR count). The predicted octanol–water partition coefficient (Wildman–Crippen LogP) is 3.61. The van der Waals surface area contributed by atoms with Crippen LogP contribution < -0.4 is 10.2 Å². The zero-order chi connectivity index (χ0) is 14.0. The van der Waals surface area contributed by atoms with Gasteiger partial charge in [-0.3, -0.25) is 0 Å². The van der Waals surface area contributed by atoms with Crippen LogP contribution in [0.15, 0.2) is 12.1 Å². The summed E-state index contributed by atoms with van der Waals surface area (Å²) in [5, 5.41) is 4.12. The molecule has 0 saturated carbocycles. The second-order valence-electron chi connectivity index (χ2n) is 6.20. The molecule has 0 bridgehead atoms. The molecule has 0 amide bonds. The van der Waals surface area contributed by atoms with E-state index in [2.05, 4.69) is 37.9 Å². The van der Waals surface area contributed by atoms with E-state index in [0.29, 0.717) is 6.04 Å². The normalized spacial score (nSPS) is 18.3. The van der Waals surface area contributed by atoms with Crippen molar-refractivity contribution in [3.05, 3.63) is 22.8 Å². The Hall–Kier alpha value is -0.800. The number of nitrogens with one attached hydrogen (secondary N) is 1. The lowest BCUT2D eigenvalue weighted by Crippen LogP contribution is -2.38. The highest BCUT2D eigenvalue weighted by molar-refractivity contribution is 6.31. The highest BCUT2D eigenvalue weighted by Gasteiger charge is 2.32. The summed E-state index contributed by atoms with van der Waals surface area (Å²) in [7, 11) is 0. The first-order chi connectivity index (χ1) is 8.90. The maximum atomic E-state index is 6.24. The Morgan fingerprint density at radius 3 is 2.74 bits per heavy atom. The zero-order valence-electron chi connectivity index (χ0n) is 12.3. The van der Waals surface area contributed by atoms with Gasteiger partial charge < -0.3 is 10.2 Å². The van der Waals surface area contributed by atoms with E-state index in [-0.39, 0.29) is 5.54 Å². The van der Waals surface area contributed by atoms with Crippen molar-refractivity contribution in [2.24, 2.45) is 0 Å². The first-order valence-electron chi connectivity index (χ1n) is 7.06. The summed E-state index contributed by atoms with van der Waals surface area (Å²) in [6.07, 6.45) is 2.45. The largest absolute Gasteiger partial charge is 0.351 e. The maximum absolute atomic E-state index is 6.24. The smallest absolute Gasteiger partial charge is 0.129 e. The van der Waals surface area contributed by atoms with E-state index in [1.165, 1.54) is 12.8 Å². The summed E-state index contributed by atoms with van der Waals surface area (Å²) in [5.74, 6) is 1.05. The molecular weight excluding hydrogens is 258 g/mol. The molecule has 0 spiro atoms. The number of aromatic nitrogens is 1. The number of nitrogens with zero attached hydrogens (tertiary/aromatic N) is 2. The van der Waals surface area contributed by atoms with Crippen LogP contribution in [0, 0.1) is 0 Å². The van der Waals surface area contributed by atoms with Crippen LogP contribution in [0.4, 0.5) is 5.82 Å². The first kappa shape index (κ1) is 14.6. The fourth-order valence-corrected chi connectivity index (χ4v) is 2.75. The molecule has 0 aliphatic carbocycles. The molecule has 1 aromatic rings. The third kappa shape index (κ3) is 3.40. The lowest BCUT2D eigenvalue weighted by molar-refractivity contribution is 0.513. The van der Waals surface area contributed by atoms with Crippen LogP contribution in [0.1, 0.15) is 46.2 Å². The quantitative estimate of drug-likeness (QED) is 0.914. The van der Waals surface area contributed by atoms with Crippen molar-refractivity contribution in [3.63, 3.8) is 0 Å². The zero-order valence-corrected chi connectivity index (χ0v) is 13.1. The monoisotopic (exact) mass is 281 g/mol. The van der Waals surface area contributed by atoms with E-state index < -0.39 is 0 Å². The molecule has 4 heteroatoms. The number of rotatable bonds is 4. The number of pyridine rings is 1. The Bertz CT molecular complexity index is 443. The van der Waals surface area contributed by atoms with E-state index in [0.717, 1.165) is 29.6 Å². The van der Waals surface area contributed by atoms with Crippen molar-refractivity contribution in [3.8, 4) is 0 Å². The molecule has 1 N–H and O–H groups in total. The van der Waals surface area contributed by atoms with Crippen LogP contribution in [-0.2, 0) is 6.54 Å². The topological polar surface area (TPSA) is 28.2 Å². The van der Waals surface area contributed by atoms with E-state index in [9.17, 15) is 0 Å². The minimum absolute atomic E-state index is 0.198.